The molecule has 2 N–H and O–H groups in total. The average molecular weight is 364 g/mol. The number of likely N-dealkylation sites (N-methyl/N-ethyl adjacent to an activating group) is 2. The maximum atomic E-state index is 12.2. The maximum Gasteiger partial charge on any atom is 0.182 e. The maximum absolute atomic E-state index is 12.2. The van der Waals surface area contributed by atoms with Crippen molar-refractivity contribution in [2.45, 2.75) is 6.92 Å². The number of H-pyrrole nitrogens is 1. The van der Waals surface area contributed by atoms with E-state index in [4.69, 9.17) is 0 Å². The summed E-state index contributed by atoms with van der Waals surface area (Å²) in [6.45, 7) is 5.08. The third-order valence-corrected chi connectivity index (χ3v) is 4.43. The molecule has 0 saturated heterocycles. The molecule has 6 heteroatoms. The molecule has 3 aromatic rings. The summed E-state index contributed by atoms with van der Waals surface area (Å²) in [7, 11) is 4.30. The molecule has 3 aromatic heterocycles. The minimum atomic E-state index is -0.0693. The lowest BCUT2D eigenvalue weighted by molar-refractivity contribution is -0.856. The molecule has 0 aliphatic heterocycles. The zero-order valence-corrected chi connectivity index (χ0v) is 16.1. The van der Waals surface area contributed by atoms with Crippen molar-refractivity contribution in [3.05, 3.63) is 65.1 Å². The molecule has 3 rings (SSSR count). The van der Waals surface area contributed by atoms with E-state index in [1.807, 2.05) is 30.3 Å². The number of anilines is 1. The second-order valence-corrected chi connectivity index (χ2v) is 6.79. The number of rotatable bonds is 7. The van der Waals surface area contributed by atoms with Crippen LogP contribution in [-0.4, -0.2) is 48.7 Å². The van der Waals surface area contributed by atoms with E-state index in [1.54, 1.807) is 24.5 Å². The Balaban J connectivity index is 1.95. The summed E-state index contributed by atoms with van der Waals surface area (Å²) in [4.78, 5) is 28.1. The highest BCUT2D eigenvalue weighted by atomic mass is 16.1. The quantitative estimate of drug-likeness (QED) is 0.666. The number of nitrogens with zero attached hydrogens (tertiary/aromatic N) is 3. The van der Waals surface area contributed by atoms with Gasteiger partial charge in [-0.1, -0.05) is 6.07 Å². The summed E-state index contributed by atoms with van der Waals surface area (Å²) in [5.74, 6) is 0. The summed E-state index contributed by atoms with van der Waals surface area (Å²) >= 11 is 0. The van der Waals surface area contributed by atoms with Gasteiger partial charge in [-0.2, -0.15) is 0 Å². The fourth-order valence-electron chi connectivity index (χ4n) is 2.93. The van der Waals surface area contributed by atoms with Gasteiger partial charge in [-0.05, 0) is 31.2 Å². The fourth-order valence-corrected chi connectivity index (χ4v) is 2.93. The molecule has 0 saturated carbocycles. The number of hydrogen-bond donors (Lipinski definition) is 2. The van der Waals surface area contributed by atoms with Crippen LogP contribution in [0.25, 0.3) is 22.8 Å². The van der Waals surface area contributed by atoms with Crippen molar-refractivity contribution in [2.24, 2.45) is 0 Å². The molecule has 0 aliphatic carbocycles. The second-order valence-electron chi connectivity index (χ2n) is 6.79. The van der Waals surface area contributed by atoms with Crippen LogP contribution in [-0.2, 0) is 0 Å². The van der Waals surface area contributed by atoms with Crippen molar-refractivity contribution >= 4 is 5.69 Å². The number of aromatic amines is 1. The molecule has 140 valence electrons. The second kappa shape index (κ2) is 8.60. The van der Waals surface area contributed by atoms with Crippen molar-refractivity contribution in [1.82, 2.24) is 15.0 Å². The first kappa shape index (κ1) is 18.8. The summed E-state index contributed by atoms with van der Waals surface area (Å²) in [5.41, 5.74) is 3.90. The predicted octanol–water partition coefficient (Wildman–Crippen LogP) is 1.47. The fraction of sp³-hybridized carbons (Fsp3) is 0.286. The highest BCUT2D eigenvalue weighted by molar-refractivity contribution is 5.65. The number of pyridine rings is 3. The largest absolute Gasteiger partial charge is 0.366 e. The number of quaternary nitrogens is 1. The minimum absolute atomic E-state index is 0.0693. The number of nitrogens with one attached hydrogen (secondary N) is 2. The molecule has 0 atom stereocenters. The number of hydrogen-bond acceptors (Lipinski definition) is 4. The van der Waals surface area contributed by atoms with Gasteiger partial charge in [0.2, 0.25) is 0 Å². The lowest BCUT2D eigenvalue weighted by Crippen LogP contribution is -3.06. The smallest absolute Gasteiger partial charge is 0.182 e. The van der Waals surface area contributed by atoms with Crippen molar-refractivity contribution in [3.8, 4) is 22.8 Å². The molecule has 0 bridgehead atoms. The van der Waals surface area contributed by atoms with E-state index >= 15 is 0 Å². The van der Waals surface area contributed by atoms with Gasteiger partial charge in [0.25, 0.3) is 0 Å². The van der Waals surface area contributed by atoms with Gasteiger partial charge in [0.05, 0.1) is 50.0 Å². The Labute approximate surface area is 159 Å². The molecule has 0 spiro atoms. The monoisotopic (exact) mass is 364 g/mol. The molecule has 0 radical (unpaired) electrons. The minimum Gasteiger partial charge on any atom is -0.366 e. The van der Waals surface area contributed by atoms with Crippen LogP contribution in [0.2, 0.25) is 0 Å². The molecule has 0 fully saturated rings. The van der Waals surface area contributed by atoms with Crippen LogP contribution in [0.15, 0.2) is 59.7 Å². The molecule has 0 aromatic carbocycles. The predicted molar refractivity (Wildman–Crippen MR) is 109 cm³/mol. The van der Waals surface area contributed by atoms with Crippen LogP contribution in [0.5, 0.6) is 0 Å². The number of aromatic nitrogens is 3. The Morgan fingerprint density at radius 2 is 1.74 bits per heavy atom. The molecule has 0 unspecified atom stereocenters. The third kappa shape index (κ3) is 4.80. The van der Waals surface area contributed by atoms with Crippen molar-refractivity contribution in [3.63, 3.8) is 0 Å². The Bertz CT molecular complexity index is 937. The molecule has 3 heterocycles. The van der Waals surface area contributed by atoms with Gasteiger partial charge in [-0.3, -0.25) is 14.8 Å². The van der Waals surface area contributed by atoms with E-state index < -0.39 is 0 Å². The first-order chi connectivity index (χ1) is 13.1. The zero-order chi connectivity index (χ0) is 19.2. The van der Waals surface area contributed by atoms with Crippen LogP contribution in [0.3, 0.4) is 0 Å². The van der Waals surface area contributed by atoms with Gasteiger partial charge < -0.3 is 14.8 Å². The van der Waals surface area contributed by atoms with Crippen LogP contribution >= 0.6 is 0 Å². The van der Waals surface area contributed by atoms with Gasteiger partial charge in [0.1, 0.15) is 0 Å². The van der Waals surface area contributed by atoms with E-state index in [9.17, 15) is 4.79 Å². The molecule has 0 amide bonds. The average Bonchev–Trinajstić information content (AvgIpc) is 2.69. The van der Waals surface area contributed by atoms with Gasteiger partial charge >= 0.3 is 0 Å². The van der Waals surface area contributed by atoms with E-state index in [-0.39, 0.29) is 5.43 Å². The van der Waals surface area contributed by atoms with Gasteiger partial charge in [0, 0.05) is 36.8 Å². The van der Waals surface area contributed by atoms with E-state index in [1.165, 1.54) is 4.90 Å². The molecule has 27 heavy (non-hydrogen) atoms. The first-order valence-electron chi connectivity index (χ1n) is 9.23. The lowest BCUT2D eigenvalue weighted by Gasteiger charge is -2.24. The van der Waals surface area contributed by atoms with E-state index in [0.29, 0.717) is 11.4 Å². The van der Waals surface area contributed by atoms with E-state index in [2.05, 4.69) is 40.9 Å². The molecule has 6 nitrogen and oxygen atoms in total. The Morgan fingerprint density at radius 3 is 2.41 bits per heavy atom. The van der Waals surface area contributed by atoms with Crippen LogP contribution < -0.4 is 15.2 Å². The summed E-state index contributed by atoms with van der Waals surface area (Å²) in [6, 6.07) is 12.8. The Kier molecular flexibility index (Phi) is 5.98. The summed E-state index contributed by atoms with van der Waals surface area (Å²) < 4.78 is 0. The van der Waals surface area contributed by atoms with Gasteiger partial charge in [-0.25, -0.2) is 0 Å². The highest BCUT2D eigenvalue weighted by Crippen LogP contribution is 2.22. The Hall–Kier alpha value is -2.99. The molecular formula is C21H26N5O+. The van der Waals surface area contributed by atoms with Gasteiger partial charge in [0.15, 0.2) is 5.43 Å². The molecular weight excluding hydrogens is 338 g/mol. The zero-order valence-electron chi connectivity index (χ0n) is 16.1. The Morgan fingerprint density at radius 1 is 1.00 bits per heavy atom. The van der Waals surface area contributed by atoms with Gasteiger partial charge in [-0.15, -0.1) is 0 Å². The van der Waals surface area contributed by atoms with Crippen molar-refractivity contribution < 1.29 is 4.90 Å². The summed E-state index contributed by atoms with van der Waals surface area (Å²) in [5, 5.41) is 0. The van der Waals surface area contributed by atoms with Crippen LogP contribution in [0, 0.1) is 0 Å². The van der Waals surface area contributed by atoms with Crippen LogP contribution in [0.4, 0.5) is 5.69 Å². The normalized spacial score (nSPS) is 11.0. The SMILES string of the molecule is CCN(CC[NH+](C)C)c1ccnc(-c2cc(=O)cc(-c3ccccn3)[nH]2)c1. The summed E-state index contributed by atoms with van der Waals surface area (Å²) in [6.07, 6.45) is 3.51. The lowest BCUT2D eigenvalue weighted by atomic mass is 10.1. The standard InChI is InChI=1S/C21H25N5O/c1-4-26(12-11-25(2)3)16-8-10-23-19(13-16)21-15-17(27)14-20(24-21)18-7-5-6-9-22-18/h5-10,13-15H,4,11-12H2,1-3H3,(H,24,27)/p+1. The highest BCUT2D eigenvalue weighted by Gasteiger charge is 2.10. The van der Waals surface area contributed by atoms with Crippen molar-refractivity contribution in [2.75, 3.05) is 38.6 Å². The van der Waals surface area contributed by atoms with Crippen LogP contribution in [0.1, 0.15) is 6.92 Å². The molecule has 0 aliphatic rings. The topological polar surface area (TPSA) is 66.3 Å². The van der Waals surface area contributed by atoms with E-state index in [0.717, 1.165) is 36.7 Å². The first-order valence-corrected chi connectivity index (χ1v) is 9.23. The third-order valence-electron chi connectivity index (χ3n) is 4.43. The van der Waals surface area contributed by atoms with Crippen molar-refractivity contribution in [1.29, 1.82) is 0 Å².